The molecule has 27 heavy (non-hydrogen) atoms. The van der Waals surface area contributed by atoms with Crippen molar-refractivity contribution in [1.29, 1.82) is 0 Å². The fourth-order valence-electron chi connectivity index (χ4n) is 2.68. The molecule has 0 aliphatic rings. The predicted molar refractivity (Wildman–Crippen MR) is 105 cm³/mol. The Morgan fingerprint density at radius 2 is 1.89 bits per heavy atom. The van der Waals surface area contributed by atoms with Gasteiger partial charge in [0, 0.05) is 11.6 Å². The van der Waals surface area contributed by atoms with E-state index in [0.717, 1.165) is 10.8 Å². The number of fused-ring (bicyclic) bond motifs is 1. The molecule has 0 aromatic heterocycles. The van der Waals surface area contributed by atoms with E-state index < -0.39 is 5.91 Å². The SMILES string of the molecule is CCOc1ccc(/C=N\NC(=O)c2cc3ccccc3cc2OC)c(O)c1. The lowest BCUT2D eigenvalue weighted by Crippen LogP contribution is -2.18. The minimum atomic E-state index is -0.403. The quantitative estimate of drug-likeness (QED) is 0.516. The van der Waals surface area contributed by atoms with Gasteiger partial charge in [-0.1, -0.05) is 24.3 Å². The number of hydrogen-bond acceptors (Lipinski definition) is 5. The van der Waals surface area contributed by atoms with Gasteiger partial charge in [0.15, 0.2) is 0 Å². The summed E-state index contributed by atoms with van der Waals surface area (Å²) < 4.78 is 10.6. The summed E-state index contributed by atoms with van der Waals surface area (Å²) >= 11 is 0. The third kappa shape index (κ3) is 4.17. The molecule has 0 aliphatic carbocycles. The van der Waals surface area contributed by atoms with Gasteiger partial charge in [0.1, 0.15) is 17.2 Å². The first-order chi connectivity index (χ1) is 13.1. The molecule has 138 valence electrons. The molecular weight excluding hydrogens is 344 g/mol. The zero-order valence-corrected chi connectivity index (χ0v) is 15.1. The van der Waals surface area contributed by atoms with E-state index in [-0.39, 0.29) is 5.75 Å². The molecule has 6 nitrogen and oxygen atoms in total. The van der Waals surface area contributed by atoms with Gasteiger partial charge in [-0.05, 0) is 42.0 Å². The van der Waals surface area contributed by atoms with Crippen molar-refractivity contribution in [1.82, 2.24) is 5.43 Å². The van der Waals surface area contributed by atoms with Gasteiger partial charge in [-0.25, -0.2) is 5.43 Å². The highest BCUT2D eigenvalue weighted by molar-refractivity contribution is 6.02. The van der Waals surface area contributed by atoms with Crippen molar-refractivity contribution in [3.63, 3.8) is 0 Å². The third-order valence-corrected chi connectivity index (χ3v) is 4.00. The van der Waals surface area contributed by atoms with Crippen LogP contribution in [0.15, 0.2) is 59.7 Å². The molecule has 0 saturated carbocycles. The van der Waals surface area contributed by atoms with Crippen molar-refractivity contribution >= 4 is 22.9 Å². The highest BCUT2D eigenvalue weighted by Crippen LogP contribution is 2.26. The number of phenolic OH excluding ortho intramolecular Hbond substituents is 1. The predicted octanol–water partition coefficient (Wildman–Crippen LogP) is 3.72. The Hall–Kier alpha value is -3.54. The van der Waals surface area contributed by atoms with Crippen LogP contribution < -0.4 is 14.9 Å². The highest BCUT2D eigenvalue weighted by atomic mass is 16.5. The molecule has 1 amide bonds. The van der Waals surface area contributed by atoms with Crippen molar-refractivity contribution in [2.45, 2.75) is 6.92 Å². The summed E-state index contributed by atoms with van der Waals surface area (Å²) in [5.74, 6) is 0.643. The van der Waals surface area contributed by atoms with Gasteiger partial charge in [0.25, 0.3) is 5.91 Å². The molecule has 0 spiro atoms. The van der Waals surface area contributed by atoms with Crippen molar-refractivity contribution in [2.24, 2.45) is 5.10 Å². The fourth-order valence-corrected chi connectivity index (χ4v) is 2.68. The molecule has 0 bridgehead atoms. The minimum Gasteiger partial charge on any atom is -0.507 e. The van der Waals surface area contributed by atoms with Crippen molar-refractivity contribution in [2.75, 3.05) is 13.7 Å². The molecule has 0 aliphatic heterocycles. The third-order valence-electron chi connectivity index (χ3n) is 4.00. The molecular formula is C21H20N2O4. The van der Waals surface area contributed by atoms with Gasteiger partial charge >= 0.3 is 0 Å². The number of benzene rings is 3. The van der Waals surface area contributed by atoms with Crippen molar-refractivity contribution in [3.05, 3.63) is 65.7 Å². The monoisotopic (exact) mass is 364 g/mol. The van der Waals surface area contributed by atoms with Gasteiger partial charge in [0.2, 0.25) is 0 Å². The number of nitrogens with one attached hydrogen (secondary N) is 1. The Morgan fingerprint density at radius 1 is 1.15 bits per heavy atom. The molecule has 2 N–H and O–H groups in total. The number of hydrazone groups is 1. The van der Waals surface area contributed by atoms with Crippen LogP contribution in [0, 0.1) is 0 Å². The van der Waals surface area contributed by atoms with Gasteiger partial charge in [0.05, 0.1) is 25.5 Å². The lowest BCUT2D eigenvalue weighted by molar-refractivity contribution is 0.0952. The smallest absolute Gasteiger partial charge is 0.275 e. The number of phenols is 1. The molecule has 0 atom stereocenters. The summed E-state index contributed by atoms with van der Waals surface area (Å²) in [5, 5.41) is 15.8. The first-order valence-electron chi connectivity index (χ1n) is 8.48. The normalized spacial score (nSPS) is 10.9. The van der Waals surface area contributed by atoms with E-state index in [1.807, 2.05) is 37.3 Å². The second kappa shape index (κ2) is 8.23. The van der Waals surface area contributed by atoms with Gasteiger partial charge in [-0.15, -0.1) is 0 Å². The molecule has 0 fully saturated rings. The topological polar surface area (TPSA) is 80.2 Å². The van der Waals surface area contributed by atoms with Crippen LogP contribution in [-0.2, 0) is 0 Å². The van der Waals surface area contributed by atoms with E-state index >= 15 is 0 Å². The molecule has 3 aromatic carbocycles. The van der Waals surface area contributed by atoms with Crippen LogP contribution in [0.4, 0.5) is 0 Å². The minimum absolute atomic E-state index is 0.0160. The Kier molecular flexibility index (Phi) is 5.56. The number of hydrogen-bond donors (Lipinski definition) is 2. The van der Waals surface area contributed by atoms with E-state index in [4.69, 9.17) is 9.47 Å². The molecule has 0 heterocycles. The van der Waals surface area contributed by atoms with E-state index in [1.165, 1.54) is 19.4 Å². The maximum atomic E-state index is 12.5. The van der Waals surface area contributed by atoms with Crippen molar-refractivity contribution < 1.29 is 19.4 Å². The average Bonchev–Trinajstić information content (AvgIpc) is 2.68. The van der Waals surface area contributed by atoms with Crippen molar-refractivity contribution in [3.8, 4) is 17.2 Å². The van der Waals surface area contributed by atoms with Crippen LogP contribution in [0.1, 0.15) is 22.8 Å². The molecule has 0 saturated heterocycles. The number of rotatable bonds is 6. The van der Waals surface area contributed by atoms with Gasteiger partial charge in [-0.3, -0.25) is 4.79 Å². The molecule has 6 heteroatoms. The summed E-state index contributed by atoms with van der Waals surface area (Å²) in [6.07, 6.45) is 1.37. The maximum Gasteiger partial charge on any atom is 0.275 e. The first-order valence-corrected chi connectivity index (χ1v) is 8.48. The zero-order chi connectivity index (χ0) is 19.2. The number of carbonyl (C=O) groups excluding carboxylic acids is 1. The molecule has 3 aromatic rings. The van der Waals surface area contributed by atoms with Crippen LogP contribution in [0.5, 0.6) is 17.2 Å². The van der Waals surface area contributed by atoms with Crippen LogP contribution in [0.25, 0.3) is 10.8 Å². The van der Waals surface area contributed by atoms with E-state index in [1.54, 1.807) is 18.2 Å². The lowest BCUT2D eigenvalue weighted by atomic mass is 10.1. The number of ether oxygens (including phenoxy) is 2. The summed E-state index contributed by atoms with van der Waals surface area (Å²) in [6, 6.07) is 16.2. The molecule has 3 rings (SSSR count). The second-order valence-corrected chi connectivity index (χ2v) is 5.75. The summed E-state index contributed by atoms with van der Waals surface area (Å²) in [4.78, 5) is 12.5. The number of aromatic hydroxyl groups is 1. The van der Waals surface area contributed by atoms with E-state index in [0.29, 0.717) is 29.2 Å². The Morgan fingerprint density at radius 3 is 2.56 bits per heavy atom. The van der Waals surface area contributed by atoms with E-state index in [9.17, 15) is 9.90 Å². The van der Waals surface area contributed by atoms with Gasteiger partial charge in [-0.2, -0.15) is 5.10 Å². The highest BCUT2D eigenvalue weighted by Gasteiger charge is 2.13. The van der Waals surface area contributed by atoms with Gasteiger partial charge < -0.3 is 14.6 Å². The first kappa shape index (κ1) is 18.3. The Labute approximate surface area is 157 Å². The molecule has 0 unspecified atom stereocenters. The summed E-state index contributed by atoms with van der Waals surface area (Å²) in [6.45, 7) is 2.37. The average molecular weight is 364 g/mol. The fraction of sp³-hybridized carbons (Fsp3) is 0.143. The van der Waals surface area contributed by atoms with Crippen LogP contribution in [0.2, 0.25) is 0 Å². The zero-order valence-electron chi connectivity index (χ0n) is 15.1. The molecule has 0 radical (unpaired) electrons. The number of nitrogens with zero attached hydrogens (tertiary/aromatic N) is 1. The number of methoxy groups -OCH3 is 1. The standard InChI is InChI=1S/C21H20N2O4/c1-3-27-17-9-8-16(19(24)12-17)13-22-23-21(25)18-10-14-6-4-5-7-15(14)11-20(18)26-2/h4-13,24H,3H2,1-2H3,(H,23,25)/b22-13-. The van der Waals surface area contributed by atoms with Crippen LogP contribution in [0.3, 0.4) is 0 Å². The Balaban J connectivity index is 1.77. The maximum absolute atomic E-state index is 12.5. The number of carbonyl (C=O) groups is 1. The summed E-state index contributed by atoms with van der Waals surface area (Å²) in [5.41, 5.74) is 3.30. The lowest BCUT2D eigenvalue weighted by Gasteiger charge is -2.09. The Bertz CT molecular complexity index is 999. The van der Waals surface area contributed by atoms with E-state index in [2.05, 4.69) is 10.5 Å². The second-order valence-electron chi connectivity index (χ2n) is 5.75. The number of amides is 1. The largest absolute Gasteiger partial charge is 0.507 e. The van der Waals surface area contributed by atoms with Crippen LogP contribution >= 0.6 is 0 Å². The summed E-state index contributed by atoms with van der Waals surface area (Å²) in [7, 11) is 1.52. The van der Waals surface area contributed by atoms with Crippen LogP contribution in [-0.4, -0.2) is 30.9 Å².